The average Bonchev–Trinajstić information content (AvgIpc) is 2.38. The van der Waals surface area contributed by atoms with Crippen LogP contribution in [0.5, 0.6) is 5.88 Å². The molecule has 0 unspecified atom stereocenters. The zero-order valence-electron chi connectivity index (χ0n) is 9.51. The fraction of sp³-hybridized carbons (Fsp3) is 0.0769. The van der Waals surface area contributed by atoms with Crippen molar-refractivity contribution in [3.8, 4) is 17.0 Å². The molecule has 2 aromatic rings. The average molecular weight is 246 g/mol. The van der Waals surface area contributed by atoms with Crippen LogP contribution in [0.1, 0.15) is 10.4 Å². The summed E-state index contributed by atoms with van der Waals surface area (Å²) in [5.41, 5.74) is 0.743. The van der Waals surface area contributed by atoms with Gasteiger partial charge in [-0.05, 0) is 23.8 Å². The largest absolute Gasteiger partial charge is 0.545 e. The first-order valence-electron chi connectivity index (χ1n) is 5.13. The van der Waals surface area contributed by atoms with Gasteiger partial charge in [-0.2, -0.15) is 0 Å². The molecule has 0 amide bonds. The monoisotopic (exact) mass is 246 g/mol. The predicted octanol–water partition coefficient (Wildman–Crippen LogP) is 1.26. The van der Waals surface area contributed by atoms with E-state index in [-0.39, 0.29) is 0 Å². The number of carbonyl (C=O) groups excluding carboxylic acids is 1. The van der Waals surface area contributed by atoms with Crippen LogP contribution < -0.4 is 9.84 Å². The number of hydrogen-bond acceptors (Lipinski definition) is 4. The molecule has 5 heteroatoms. The van der Waals surface area contributed by atoms with Crippen molar-refractivity contribution in [1.29, 1.82) is 0 Å². The van der Waals surface area contributed by atoms with E-state index in [9.17, 15) is 14.3 Å². The molecule has 2 rings (SSSR count). The number of aromatic carboxylic acids is 1. The van der Waals surface area contributed by atoms with Crippen molar-refractivity contribution < 1.29 is 19.0 Å². The first kappa shape index (κ1) is 12.0. The van der Waals surface area contributed by atoms with E-state index < -0.39 is 17.3 Å². The van der Waals surface area contributed by atoms with E-state index in [2.05, 4.69) is 4.98 Å². The molecule has 1 aromatic heterocycles. The quantitative estimate of drug-likeness (QED) is 0.817. The standard InChI is InChI=1S/C13H10FNO3/c1-18-12-5-3-9(7-15-12)8-2-4-10(13(16)17)11(14)6-8/h2-7H,1H3,(H,16,17)/p-1. The summed E-state index contributed by atoms with van der Waals surface area (Å²) in [4.78, 5) is 14.6. The molecule has 0 spiro atoms. The van der Waals surface area contributed by atoms with Crippen LogP contribution in [-0.4, -0.2) is 18.1 Å². The third-order valence-electron chi connectivity index (χ3n) is 2.47. The first-order chi connectivity index (χ1) is 8.61. The van der Waals surface area contributed by atoms with Crippen LogP contribution in [-0.2, 0) is 0 Å². The van der Waals surface area contributed by atoms with Crippen molar-refractivity contribution >= 4 is 5.97 Å². The molecule has 4 nitrogen and oxygen atoms in total. The molecule has 0 fully saturated rings. The number of aromatic nitrogens is 1. The lowest BCUT2D eigenvalue weighted by Gasteiger charge is -2.07. The fourth-order valence-electron chi connectivity index (χ4n) is 1.53. The Labute approximate surface area is 103 Å². The van der Waals surface area contributed by atoms with E-state index in [1.807, 2.05) is 0 Å². The Morgan fingerprint density at radius 3 is 2.50 bits per heavy atom. The number of nitrogens with zero attached hydrogens (tertiary/aromatic N) is 1. The molecule has 0 radical (unpaired) electrons. The van der Waals surface area contributed by atoms with Gasteiger partial charge in [0.15, 0.2) is 0 Å². The van der Waals surface area contributed by atoms with Crippen LogP contribution in [0, 0.1) is 5.82 Å². The SMILES string of the molecule is COc1ccc(-c2ccc(C(=O)[O-])c(F)c2)cn1. The second kappa shape index (κ2) is 4.83. The van der Waals surface area contributed by atoms with E-state index in [1.165, 1.54) is 25.4 Å². The molecule has 1 aromatic carbocycles. The maximum absolute atomic E-state index is 13.5. The van der Waals surface area contributed by atoms with Gasteiger partial charge in [0, 0.05) is 23.4 Å². The van der Waals surface area contributed by atoms with E-state index in [0.717, 1.165) is 6.07 Å². The lowest BCUT2D eigenvalue weighted by atomic mass is 10.1. The first-order valence-corrected chi connectivity index (χ1v) is 5.13. The van der Waals surface area contributed by atoms with Gasteiger partial charge < -0.3 is 14.6 Å². The van der Waals surface area contributed by atoms with Gasteiger partial charge in [0.25, 0.3) is 0 Å². The molecule has 0 saturated heterocycles. The molecule has 0 saturated carbocycles. The van der Waals surface area contributed by atoms with Gasteiger partial charge in [0.1, 0.15) is 5.82 Å². The van der Waals surface area contributed by atoms with Crippen molar-refractivity contribution in [2.45, 2.75) is 0 Å². The molecule has 1 heterocycles. The zero-order valence-corrected chi connectivity index (χ0v) is 9.51. The summed E-state index contributed by atoms with van der Waals surface area (Å²) in [6, 6.07) is 7.15. The third kappa shape index (κ3) is 2.29. The Morgan fingerprint density at radius 1 is 1.28 bits per heavy atom. The molecule has 0 aliphatic heterocycles. The van der Waals surface area contributed by atoms with Gasteiger partial charge in [-0.15, -0.1) is 0 Å². The van der Waals surface area contributed by atoms with Crippen LogP contribution in [0.4, 0.5) is 4.39 Å². The lowest BCUT2D eigenvalue weighted by Crippen LogP contribution is -2.23. The summed E-state index contributed by atoms with van der Waals surface area (Å²) in [7, 11) is 1.50. The highest BCUT2D eigenvalue weighted by Crippen LogP contribution is 2.22. The van der Waals surface area contributed by atoms with E-state index in [1.54, 1.807) is 12.1 Å². The van der Waals surface area contributed by atoms with Gasteiger partial charge in [0.2, 0.25) is 5.88 Å². The number of methoxy groups -OCH3 is 1. The number of rotatable bonds is 3. The van der Waals surface area contributed by atoms with Crippen LogP contribution in [0.25, 0.3) is 11.1 Å². The van der Waals surface area contributed by atoms with Crippen LogP contribution in [0.2, 0.25) is 0 Å². The summed E-state index contributed by atoms with van der Waals surface area (Å²) < 4.78 is 18.4. The number of carboxylic acids is 1. The highest BCUT2D eigenvalue weighted by Gasteiger charge is 2.06. The highest BCUT2D eigenvalue weighted by molar-refractivity contribution is 5.87. The topological polar surface area (TPSA) is 62.2 Å². The number of pyridine rings is 1. The van der Waals surface area contributed by atoms with E-state index in [0.29, 0.717) is 17.0 Å². The number of halogens is 1. The second-order valence-electron chi connectivity index (χ2n) is 3.57. The number of carboxylic acid groups (broad SMARTS) is 1. The smallest absolute Gasteiger partial charge is 0.212 e. The van der Waals surface area contributed by atoms with Crippen molar-refractivity contribution in [2.75, 3.05) is 7.11 Å². The number of benzene rings is 1. The minimum Gasteiger partial charge on any atom is -0.545 e. The van der Waals surface area contributed by atoms with Crippen molar-refractivity contribution in [2.24, 2.45) is 0 Å². The predicted molar refractivity (Wildman–Crippen MR) is 60.5 cm³/mol. The van der Waals surface area contributed by atoms with Gasteiger partial charge in [-0.3, -0.25) is 0 Å². The normalized spacial score (nSPS) is 10.1. The molecule has 92 valence electrons. The Bertz CT molecular complexity index is 581. The number of ether oxygens (including phenoxy) is 1. The Morgan fingerprint density at radius 2 is 2.00 bits per heavy atom. The van der Waals surface area contributed by atoms with Crippen LogP contribution in [0.15, 0.2) is 36.5 Å². The Hall–Kier alpha value is -2.43. The van der Waals surface area contributed by atoms with Gasteiger partial charge in [0.05, 0.1) is 13.1 Å². The van der Waals surface area contributed by atoms with Crippen molar-refractivity contribution in [1.82, 2.24) is 4.98 Å². The van der Waals surface area contributed by atoms with Crippen LogP contribution in [0.3, 0.4) is 0 Å². The van der Waals surface area contributed by atoms with Gasteiger partial charge >= 0.3 is 0 Å². The Balaban J connectivity index is 2.39. The molecule has 18 heavy (non-hydrogen) atoms. The molecular weight excluding hydrogens is 237 g/mol. The molecule has 0 bridgehead atoms. The molecule has 0 aliphatic carbocycles. The molecule has 0 N–H and O–H groups in total. The zero-order chi connectivity index (χ0) is 13.1. The Kier molecular flexibility index (Phi) is 3.23. The van der Waals surface area contributed by atoms with Crippen molar-refractivity contribution in [3.63, 3.8) is 0 Å². The minimum absolute atomic E-state index is 0.450. The van der Waals surface area contributed by atoms with E-state index in [4.69, 9.17) is 4.74 Å². The highest BCUT2D eigenvalue weighted by atomic mass is 19.1. The maximum Gasteiger partial charge on any atom is 0.212 e. The van der Waals surface area contributed by atoms with Gasteiger partial charge in [-0.1, -0.05) is 6.07 Å². The fourth-order valence-corrected chi connectivity index (χ4v) is 1.53. The number of carbonyl (C=O) groups is 1. The molecule has 0 atom stereocenters. The maximum atomic E-state index is 13.5. The minimum atomic E-state index is -1.54. The third-order valence-corrected chi connectivity index (χ3v) is 2.47. The summed E-state index contributed by atoms with van der Waals surface area (Å²) in [5.74, 6) is -1.92. The number of hydrogen-bond donors (Lipinski definition) is 0. The lowest BCUT2D eigenvalue weighted by molar-refractivity contribution is -0.255. The summed E-state index contributed by atoms with van der Waals surface area (Å²) in [6.07, 6.45) is 1.52. The summed E-state index contributed by atoms with van der Waals surface area (Å²) in [6.45, 7) is 0. The van der Waals surface area contributed by atoms with Crippen molar-refractivity contribution in [3.05, 3.63) is 47.9 Å². The van der Waals surface area contributed by atoms with Gasteiger partial charge in [-0.25, -0.2) is 9.37 Å². The molecule has 0 aliphatic rings. The summed E-state index contributed by atoms with van der Waals surface area (Å²) >= 11 is 0. The van der Waals surface area contributed by atoms with E-state index >= 15 is 0 Å². The molecular formula is C13H9FNO3-. The van der Waals surface area contributed by atoms with Crippen LogP contribution >= 0.6 is 0 Å². The second-order valence-corrected chi connectivity index (χ2v) is 3.57. The summed E-state index contributed by atoms with van der Waals surface area (Å²) in [5, 5.41) is 10.6.